The molecule has 0 aliphatic carbocycles. The minimum atomic E-state index is -1.02. The van der Waals surface area contributed by atoms with Gasteiger partial charge in [-0.25, -0.2) is 0 Å². The molecule has 0 bridgehead atoms. The highest BCUT2D eigenvalue weighted by Crippen LogP contribution is 2.15. The molecule has 0 heterocycles. The number of rotatable bonds is 3. The van der Waals surface area contributed by atoms with E-state index in [1.165, 1.54) is 0 Å². The summed E-state index contributed by atoms with van der Waals surface area (Å²) in [6.45, 7) is 3.81. The van der Waals surface area contributed by atoms with Crippen LogP contribution in [0.5, 0.6) is 0 Å². The molecule has 0 aromatic heterocycles. The maximum Gasteiger partial charge on any atom is 0.321 e. The fourth-order valence-electron chi connectivity index (χ4n) is 0.367. The lowest BCUT2D eigenvalue weighted by molar-refractivity contribution is -0.139. The van der Waals surface area contributed by atoms with E-state index in [1.54, 1.807) is 13.8 Å². The van der Waals surface area contributed by atoms with Gasteiger partial charge in [0, 0.05) is 17.7 Å². The van der Waals surface area contributed by atoms with Gasteiger partial charge in [0.05, 0.1) is 6.07 Å². The van der Waals surface area contributed by atoms with Crippen molar-refractivity contribution in [1.29, 1.82) is 5.26 Å². The number of thiol groups is 1. The normalized spacial score (nSPS) is 12.0. The van der Waals surface area contributed by atoms with Crippen LogP contribution >= 0.6 is 12.6 Å². The molecule has 6 heteroatoms. The zero-order valence-electron chi connectivity index (χ0n) is 8.40. The first kappa shape index (κ1) is 15.7. The first-order chi connectivity index (χ1) is 6.27. The molecule has 0 aliphatic heterocycles. The van der Waals surface area contributed by atoms with Crippen molar-refractivity contribution in [3.8, 4) is 6.07 Å². The van der Waals surface area contributed by atoms with Gasteiger partial charge in [0.1, 0.15) is 6.04 Å². The Morgan fingerprint density at radius 3 is 2.14 bits per heavy atom. The topological polar surface area (TPSA) is 113 Å². The number of hydrogen-bond acceptors (Lipinski definition) is 5. The van der Waals surface area contributed by atoms with Gasteiger partial charge in [-0.05, 0) is 13.8 Å². The Morgan fingerprint density at radius 2 is 2.14 bits per heavy atom. The van der Waals surface area contributed by atoms with Gasteiger partial charge in [0.25, 0.3) is 0 Å². The summed E-state index contributed by atoms with van der Waals surface area (Å²) >= 11 is 3.98. The molecule has 0 rings (SSSR count). The molecule has 82 valence electrons. The summed E-state index contributed by atoms with van der Waals surface area (Å²) in [6, 6.07) is 0.990. The smallest absolute Gasteiger partial charge is 0.321 e. The Balaban J connectivity index is 0. The number of nitrogens with zero attached hydrogens (tertiary/aromatic N) is 1. The van der Waals surface area contributed by atoms with Crippen molar-refractivity contribution >= 4 is 18.6 Å². The summed E-state index contributed by atoms with van der Waals surface area (Å²) < 4.78 is -0.647. The molecule has 0 radical (unpaired) electrons. The summed E-state index contributed by atoms with van der Waals surface area (Å²) in [5.74, 6) is -1.02. The van der Waals surface area contributed by atoms with Crippen LogP contribution in [0.3, 0.4) is 0 Å². The summed E-state index contributed by atoms with van der Waals surface area (Å²) in [5, 5.41) is 16.1. The van der Waals surface area contributed by atoms with Crippen molar-refractivity contribution in [1.82, 2.24) is 0 Å². The molecule has 0 aliphatic rings. The maximum absolute atomic E-state index is 10.2. The van der Waals surface area contributed by atoms with E-state index >= 15 is 0 Å². The zero-order valence-corrected chi connectivity index (χ0v) is 9.29. The highest BCUT2D eigenvalue weighted by atomic mass is 32.1. The average Bonchev–Trinajstić information content (AvgIpc) is 2.04. The lowest BCUT2D eigenvalue weighted by Gasteiger charge is -2.21. The average molecular weight is 219 g/mol. The van der Waals surface area contributed by atoms with Crippen molar-refractivity contribution < 1.29 is 9.90 Å². The Labute approximate surface area is 89.5 Å². The Kier molecular flexibility index (Phi) is 8.54. The third kappa shape index (κ3) is 9.32. The third-order valence-corrected chi connectivity index (χ3v) is 1.56. The molecule has 5 N–H and O–H groups in total. The summed E-state index contributed by atoms with van der Waals surface area (Å²) in [6.07, 6.45) is 0.472. The number of hydrogen-bond donors (Lipinski definition) is 4. The lowest BCUT2D eigenvalue weighted by Crippen LogP contribution is -2.45. The molecular formula is C8H17N3O2S. The molecule has 0 unspecified atom stereocenters. The molecule has 0 spiro atoms. The SMILES string of the molecule is CC(C)(S)[C@H](N)C(=O)O.N#CCCN. The highest BCUT2D eigenvalue weighted by Gasteiger charge is 2.27. The molecule has 0 saturated heterocycles. The van der Waals surface area contributed by atoms with Crippen LogP contribution in [0, 0.1) is 11.3 Å². The molecule has 1 atom stereocenters. The van der Waals surface area contributed by atoms with E-state index < -0.39 is 16.8 Å². The molecule has 0 aromatic rings. The standard InChI is InChI=1S/C5H11NO2S.C3H6N2/c1-5(2,9)3(6)4(7)8;4-2-1-3-5/h3,9H,6H2,1-2H3,(H,7,8);1-2,4H2/t3-;/m1./s1. The van der Waals surface area contributed by atoms with Crippen LogP contribution in [0.1, 0.15) is 20.3 Å². The van der Waals surface area contributed by atoms with Gasteiger partial charge in [0.2, 0.25) is 0 Å². The predicted octanol–water partition coefficient (Wildman–Crippen LogP) is -0.0345. The lowest BCUT2D eigenvalue weighted by atomic mass is 10.1. The minimum absolute atomic E-state index is 0.472. The zero-order chi connectivity index (χ0) is 11.8. The van der Waals surface area contributed by atoms with Crippen molar-refractivity contribution in [2.45, 2.75) is 31.1 Å². The molecule has 0 saturated carbocycles. The van der Waals surface area contributed by atoms with Gasteiger partial charge in [-0.2, -0.15) is 17.9 Å². The van der Waals surface area contributed by atoms with E-state index in [4.69, 9.17) is 21.8 Å². The second-order valence-electron chi connectivity index (χ2n) is 3.17. The Hall–Kier alpha value is -0.770. The molecule has 0 amide bonds. The number of carbonyl (C=O) groups is 1. The summed E-state index contributed by atoms with van der Waals surface area (Å²) in [7, 11) is 0. The first-order valence-electron chi connectivity index (χ1n) is 4.05. The van der Waals surface area contributed by atoms with Crippen LogP contribution in [-0.2, 0) is 4.79 Å². The number of nitriles is 1. The van der Waals surface area contributed by atoms with E-state index in [0.29, 0.717) is 13.0 Å². The van der Waals surface area contributed by atoms with Crippen LogP contribution < -0.4 is 11.5 Å². The quantitative estimate of drug-likeness (QED) is 0.498. The predicted molar refractivity (Wildman–Crippen MR) is 58.0 cm³/mol. The Bertz CT molecular complexity index is 208. The fraction of sp³-hybridized carbons (Fsp3) is 0.750. The van der Waals surface area contributed by atoms with Gasteiger partial charge in [0.15, 0.2) is 0 Å². The molecule has 0 fully saturated rings. The van der Waals surface area contributed by atoms with Crippen LogP contribution in [0.25, 0.3) is 0 Å². The maximum atomic E-state index is 10.2. The van der Waals surface area contributed by atoms with Crippen LogP contribution in [0.2, 0.25) is 0 Å². The second kappa shape index (κ2) is 7.62. The van der Waals surface area contributed by atoms with Crippen molar-refractivity contribution in [2.75, 3.05) is 6.54 Å². The van der Waals surface area contributed by atoms with Crippen molar-refractivity contribution in [3.05, 3.63) is 0 Å². The number of nitrogens with two attached hydrogens (primary N) is 2. The van der Waals surface area contributed by atoms with Crippen LogP contribution in [-0.4, -0.2) is 28.4 Å². The third-order valence-electron chi connectivity index (χ3n) is 1.28. The number of carboxylic acid groups (broad SMARTS) is 1. The largest absolute Gasteiger partial charge is 0.480 e. The molecular weight excluding hydrogens is 202 g/mol. The van der Waals surface area contributed by atoms with E-state index in [1.807, 2.05) is 6.07 Å². The molecule has 5 nitrogen and oxygen atoms in total. The van der Waals surface area contributed by atoms with Crippen LogP contribution in [0.4, 0.5) is 0 Å². The minimum Gasteiger partial charge on any atom is -0.480 e. The fourth-order valence-corrected chi connectivity index (χ4v) is 0.477. The van der Waals surface area contributed by atoms with Gasteiger partial charge >= 0.3 is 5.97 Å². The highest BCUT2D eigenvalue weighted by molar-refractivity contribution is 7.81. The van der Waals surface area contributed by atoms with Crippen molar-refractivity contribution in [3.63, 3.8) is 0 Å². The summed E-state index contributed by atoms with van der Waals surface area (Å²) in [5.41, 5.74) is 10.1. The van der Waals surface area contributed by atoms with Gasteiger partial charge in [-0.1, -0.05) is 0 Å². The van der Waals surface area contributed by atoms with Gasteiger partial charge in [-0.15, -0.1) is 0 Å². The monoisotopic (exact) mass is 219 g/mol. The van der Waals surface area contributed by atoms with Crippen molar-refractivity contribution in [2.24, 2.45) is 11.5 Å². The first-order valence-corrected chi connectivity index (χ1v) is 4.49. The van der Waals surface area contributed by atoms with E-state index in [9.17, 15) is 4.79 Å². The van der Waals surface area contributed by atoms with E-state index in [2.05, 4.69) is 12.6 Å². The van der Waals surface area contributed by atoms with Crippen LogP contribution in [0.15, 0.2) is 0 Å². The summed E-state index contributed by atoms with van der Waals surface area (Å²) in [4.78, 5) is 10.2. The number of carboxylic acids is 1. The Morgan fingerprint density at radius 1 is 1.71 bits per heavy atom. The van der Waals surface area contributed by atoms with E-state index in [-0.39, 0.29) is 0 Å². The number of aliphatic carboxylic acids is 1. The van der Waals surface area contributed by atoms with E-state index in [0.717, 1.165) is 0 Å². The molecule has 14 heavy (non-hydrogen) atoms. The van der Waals surface area contributed by atoms with Gasteiger partial charge in [-0.3, -0.25) is 4.79 Å². The second-order valence-corrected chi connectivity index (χ2v) is 4.32. The van der Waals surface area contributed by atoms with Gasteiger partial charge < -0.3 is 16.6 Å². The molecule has 0 aromatic carbocycles.